The molecule has 0 saturated carbocycles. The monoisotopic (exact) mass is 333 g/mol. The summed E-state index contributed by atoms with van der Waals surface area (Å²) < 4.78 is 26.3. The van der Waals surface area contributed by atoms with Crippen LogP contribution in [0.3, 0.4) is 0 Å². The maximum atomic E-state index is 13.1. The van der Waals surface area contributed by atoms with Crippen LogP contribution in [0.4, 0.5) is 8.78 Å². The minimum Gasteiger partial charge on any atom is -0.480 e. The predicted molar refractivity (Wildman–Crippen MR) is 84.5 cm³/mol. The highest BCUT2D eigenvalue weighted by Crippen LogP contribution is 2.11. The fourth-order valence-electron chi connectivity index (χ4n) is 2.40. The molecule has 2 N–H and O–H groups in total. The molecule has 0 fully saturated rings. The molecule has 2 aromatic carbocycles. The molecule has 0 aliphatic heterocycles. The van der Waals surface area contributed by atoms with Crippen molar-refractivity contribution in [3.8, 4) is 0 Å². The minimum absolute atomic E-state index is 0.130. The molecule has 0 spiro atoms. The molecule has 0 aliphatic rings. The number of amides is 1. The molecule has 2 aromatic rings. The molecule has 0 unspecified atom stereocenters. The number of hydrogen-bond acceptors (Lipinski definition) is 2. The maximum absolute atomic E-state index is 13.1. The fourth-order valence-corrected chi connectivity index (χ4v) is 2.40. The minimum atomic E-state index is -1.17. The van der Waals surface area contributed by atoms with Crippen molar-refractivity contribution in [2.45, 2.75) is 25.8 Å². The normalized spacial score (nSPS) is 11.8. The smallest absolute Gasteiger partial charge is 0.326 e. The van der Waals surface area contributed by atoms with Gasteiger partial charge in [0.15, 0.2) is 0 Å². The van der Waals surface area contributed by atoms with Crippen molar-refractivity contribution in [3.05, 3.63) is 70.8 Å². The van der Waals surface area contributed by atoms with Gasteiger partial charge in [-0.05, 0) is 35.7 Å². The third kappa shape index (κ3) is 4.87. The second kappa shape index (κ2) is 7.68. The Morgan fingerprint density at radius 2 is 1.75 bits per heavy atom. The van der Waals surface area contributed by atoms with E-state index < -0.39 is 29.6 Å². The first-order chi connectivity index (χ1) is 11.3. The Labute approximate surface area is 138 Å². The van der Waals surface area contributed by atoms with Crippen LogP contribution >= 0.6 is 0 Å². The zero-order valence-electron chi connectivity index (χ0n) is 13.1. The Kier molecular flexibility index (Phi) is 5.63. The first-order valence-electron chi connectivity index (χ1n) is 7.37. The van der Waals surface area contributed by atoms with E-state index in [4.69, 9.17) is 0 Å². The maximum Gasteiger partial charge on any atom is 0.326 e. The van der Waals surface area contributed by atoms with E-state index in [-0.39, 0.29) is 18.4 Å². The van der Waals surface area contributed by atoms with Crippen molar-refractivity contribution in [3.63, 3.8) is 0 Å². The standard InChI is InChI=1S/C18H17F2NO3/c1-11-4-2-3-5-13(11)9-16(18(23)24)21-17(22)8-12-6-14(19)10-15(20)7-12/h2-7,10,16H,8-9H2,1H3,(H,21,22)(H,23,24)/t16-/m0/s1. The molecular weight excluding hydrogens is 316 g/mol. The van der Waals surface area contributed by atoms with Crippen molar-refractivity contribution in [2.24, 2.45) is 0 Å². The number of carbonyl (C=O) groups is 2. The molecule has 0 saturated heterocycles. The van der Waals surface area contributed by atoms with Crippen LogP contribution in [0.2, 0.25) is 0 Å². The van der Waals surface area contributed by atoms with Crippen molar-refractivity contribution in [1.82, 2.24) is 5.32 Å². The van der Waals surface area contributed by atoms with Gasteiger partial charge in [0.1, 0.15) is 17.7 Å². The molecule has 0 heterocycles. The number of carbonyl (C=O) groups excluding carboxylic acids is 1. The number of carboxylic acid groups (broad SMARTS) is 1. The number of rotatable bonds is 6. The molecule has 1 amide bonds. The number of carboxylic acids is 1. The van der Waals surface area contributed by atoms with Crippen LogP contribution in [-0.4, -0.2) is 23.0 Å². The zero-order valence-corrected chi connectivity index (χ0v) is 13.1. The van der Waals surface area contributed by atoms with Crippen LogP contribution in [0.5, 0.6) is 0 Å². The van der Waals surface area contributed by atoms with E-state index in [9.17, 15) is 23.5 Å². The van der Waals surface area contributed by atoms with E-state index in [1.807, 2.05) is 19.1 Å². The predicted octanol–water partition coefficient (Wildman–Crippen LogP) is 2.63. The average Bonchev–Trinajstić information content (AvgIpc) is 2.47. The highest BCUT2D eigenvalue weighted by Gasteiger charge is 2.21. The van der Waals surface area contributed by atoms with Gasteiger partial charge in [-0.25, -0.2) is 13.6 Å². The first kappa shape index (κ1) is 17.6. The lowest BCUT2D eigenvalue weighted by molar-refractivity contribution is -0.141. The highest BCUT2D eigenvalue weighted by atomic mass is 19.1. The summed E-state index contributed by atoms with van der Waals surface area (Å²) in [6.07, 6.45) is -0.169. The van der Waals surface area contributed by atoms with Crippen molar-refractivity contribution in [1.29, 1.82) is 0 Å². The summed E-state index contributed by atoms with van der Waals surface area (Å²) in [7, 11) is 0. The Morgan fingerprint density at radius 1 is 1.12 bits per heavy atom. The molecule has 6 heteroatoms. The lowest BCUT2D eigenvalue weighted by Gasteiger charge is -2.16. The molecule has 0 aromatic heterocycles. The second-order valence-corrected chi connectivity index (χ2v) is 5.54. The van der Waals surface area contributed by atoms with E-state index in [1.54, 1.807) is 12.1 Å². The summed E-state index contributed by atoms with van der Waals surface area (Å²) in [6, 6.07) is 8.95. The van der Waals surface area contributed by atoms with Crippen LogP contribution in [0.25, 0.3) is 0 Å². The van der Waals surface area contributed by atoms with Gasteiger partial charge in [0.05, 0.1) is 6.42 Å². The van der Waals surface area contributed by atoms with Gasteiger partial charge in [-0.1, -0.05) is 24.3 Å². The molecule has 0 aliphatic carbocycles. The van der Waals surface area contributed by atoms with Crippen LogP contribution < -0.4 is 5.32 Å². The number of nitrogens with one attached hydrogen (secondary N) is 1. The fraction of sp³-hybridized carbons (Fsp3) is 0.222. The second-order valence-electron chi connectivity index (χ2n) is 5.54. The third-order valence-electron chi connectivity index (χ3n) is 3.61. The molecule has 126 valence electrons. The van der Waals surface area contributed by atoms with Crippen molar-refractivity contribution >= 4 is 11.9 Å². The van der Waals surface area contributed by atoms with Gasteiger partial charge in [0.2, 0.25) is 5.91 Å². The van der Waals surface area contributed by atoms with E-state index >= 15 is 0 Å². The summed E-state index contributed by atoms with van der Waals surface area (Å²) in [5.74, 6) is -3.35. The molecule has 4 nitrogen and oxygen atoms in total. The Hall–Kier alpha value is -2.76. The lowest BCUT2D eigenvalue weighted by atomic mass is 10.0. The average molecular weight is 333 g/mol. The van der Waals surface area contributed by atoms with E-state index in [2.05, 4.69) is 5.32 Å². The first-order valence-corrected chi connectivity index (χ1v) is 7.37. The SMILES string of the molecule is Cc1ccccc1C[C@H](NC(=O)Cc1cc(F)cc(F)c1)C(=O)O. The van der Waals surface area contributed by atoms with Gasteiger partial charge in [0, 0.05) is 12.5 Å². The lowest BCUT2D eigenvalue weighted by Crippen LogP contribution is -2.43. The van der Waals surface area contributed by atoms with Crippen molar-refractivity contribution < 1.29 is 23.5 Å². The summed E-state index contributed by atoms with van der Waals surface area (Å²) in [5, 5.41) is 11.7. The van der Waals surface area contributed by atoms with E-state index in [0.29, 0.717) is 6.07 Å². The molecule has 0 radical (unpaired) electrons. The topological polar surface area (TPSA) is 66.4 Å². The van der Waals surface area contributed by atoms with E-state index in [1.165, 1.54) is 0 Å². The number of hydrogen-bond donors (Lipinski definition) is 2. The summed E-state index contributed by atoms with van der Waals surface area (Å²) in [4.78, 5) is 23.4. The van der Waals surface area contributed by atoms with Crippen LogP contribution in [0.1, 0.15) is 16.7 Å². The molecule has 2 rings (SSSR count). The molecule has 0 bridgehead atoms. The Balaban J connectivity index is 2.06. The largest absolute Gasteiger partial charge is 0.480 e. The summed E-state index contributed by atoms with van der Waals surface area (Å²) in [6.45, 7) is 1.85. The number of aryl methyl sites for hydroxylation is 1. The van der Waals surface area contributed by atoms with Crippen LogP contribution in [0, 0.1) is 18.6 Å². The zero-order chi connectivity index (χ0) is 17.7. The Morgan fingerprint density at radius 3 is 2.33 bits per heavy atom. The van der Waals surface area contributed by atoms with Gasteiger partial charge in [-0.3, -0.25) is 4.79 Å². The van der Waals surface area contributed by atoms with Crippen LogP contribution in [-0.2, 0) is 22.4 Å². The van der Waals surface area contributed by atoms with Gasteiger partial charge >= 0.3 is 5.97 Å². The van der Waals surface area contributed by atoms with Crippen molar-refractivity contribution in [2.75, 3.05) is 0 Å². The summed E-state index contributed by atoms with van der Waals surface area (Å²) >= 11 is 0. The van der Waals surface area contributed by atoms with Crippen LogP contribution in [0.15, 0.2) is 42.5 Å². The van der Waals surface area contributed by atoms with Gasteiger partial charge < -0.3 is 10.4 Å². The molecular formula is C18H17F2NO3. The number of halogens is 2. The number of benzene rings is 2. The molecule has 24 heavy (non-hydrogen) atoms. The summed E-state index contributed by atoms with van der Waals surface area (Å²) in [5.41, 5.74) is 1.87. The van der Waals surface area contributed by atoms with E-state index in [0.717, 1.165) is 23.3 Å². The Bertz CT molecular complexity index is 741. The molecule has 1 atom stereocenters. The third-order valence-corrected chi connectivity index (χ3v) is 3.61. The van der Waals surface area contributed by atoms with Gasteiger partial charge in [-0.15, -0.1) is 0 Å². The van der Waals surface area contributed by atoms with Gasteiger partial charge in [0.25, 0.3) is 0 Å². The van der Waals surface area contributed by atoms with Gasteiger partial charge in [-0.2, -0.15) is 0 Å². The number of aliphatic carboxylic acids is 1. The quantitative estimate of drug-likeness (QED) is 0.854. The highest BCUT2D eigenvalue weighted by molar-refractivity contribution is 5.85.